The Morgan fingerprint density at radius 1 is 0.635 bits per heavy atom. The summed E-state index contributed by atoms with van der Waals surface area (Å²) < 4.78 is 191. The zero-order chi connectivity index (χ0) is 85.8. The van der Waals surface area contributed by atoms with Gasteiger partial charge in [0.05, 0.1) is 26.9 Å². The average Bonchev–Trinajstić information content (AvgIpc) is 1.51. The predicted octanol–water partition coefficient (Wildman–Crippen LogP) is 29.0. The second-order valence-electron chi connectivity index (χ2n) is 34.3. The van der Waals surface area contributed by atoms with Crippen LogP contribution in [0.5, 0.6) is 0 Å². The number of aromatic nitrogens is 10. The van der Waals surface area contributed by atoms with Gasteiger partial charge in [0.1, 0.15) is 11.4 Å². The Labute approximate surface area is 676 Å². The first kappa shape index (κ1) is 91.0. The predicted molar refractivity (Wildman–Crippen MR) is 437 cm³/mol. The lowest BCUT2D eigenvalue weighted by atomic mass is 9.68. The molecule has 4 aliphatic carbocycles. The number of aryl methyl sites for hydroxylation is 2. The number of alkyl halides is 14. The molecule has 10 aromatic rings. The zero-order valence-corrected chi connectivity index (χ0v) is 71.8. The molecule has 2 N–H and O–H groups in total. The fourth-order valence-electron chi connectivity index (χ4n) is 16.4. The Balaban J connectivity index is 0.000000154. The van der Waals surface area contributed by atoms with E-state index >= 15 is 0 Å². The van der Waals surface area contributed by atoms with E-state index in [1.54, 1.807) is 42.4 Å². The van der Waals surface area contributed by atoms with E-state index in [-0.39, 0.29) is 69.1 Å². The molecule has 0 bridgehead atoms. The summed E-state index contributed by atoms with van der Waals surface area (Å²) in [7, 11) is 0. The number of fused-ring (bicyclic) bond motifs is 9. The summed E-state index contributed by atoms with van der Waals surface area (Å²) in [6.07, 6.45) is -4.97. The normalized spacial score (nSPS) is 18.5. The maximum atomic E-state index is 14.6. The second kappa shape index (κ2) is 35.0. The molecule has 0 spiro atoms. The molecule has 630 valence electrons. The highest BCUT2D eigenvalue weighted by molar-refractivity contribution is 9.10. The van der Waals surface area contributed by atoms with Crippen LogP contribution >= 0.6 is 15.9 Å². The van der Waals surface area contributed by atoms with Gasteiger partial charge in [-0.05, 0) is 244 Å². The first-order valence-corrected chi connectivity index (χ1v) is 40.9. The minimum Gasteiger partial charge on any atom is -0.361 e. The van der Waals surface area contributed by atoms with Gasteiger partial charge in [0.15, 0.2) is 17.1 Å². The topological polar surface area (TPSA) is 104 Å². The van der Waals surface area contributed by atoms with Gasteiger partial charge in [0, 0.05) is 123 Å². The Morgan fingerprint density at radius 2 is 1.23 bits per heavy atom. The molecule has 2 saturated carbocycles. The SMILES string of the molecule is C=C1Nc2cc(C)cc(C)c2C1C(C)C.CC(C)c1c[nH]c2ccc(C(F)(F)F)cc12.CC(C)n1ccc2ccc3ccccc3c21.CC(C)n1nc(C(C)(F)F)cc1C1CC1.CC(C)n1nc(C(F)F)c2c1C(C)(F)C1CC21.CCC(C)(C)C1CCCc2c1c(C(F)(F)F)nn2C(C)C.CCc1c(Br)c(C(F)(F)F)nn1C(C)C. The van der Waals surface area contributed by atoms with Gasteiger partial charge in [-0.2, -0.15) is 68.7 Å². The number of allylic oxidation sites excluding steroid dienone is 1. The molecule has 0 amide bonds. The molecular weight excluding hydrogens is 1570 g/mol. The number of hydrogen-bond acceptors (Lipinski definition) is 5. The van der Waals surface area contributed by atoms with Gasteiger partial charge in [0.2, 0.25) is 0 Å². The lowest BCUT2D eigenvalue weighted by Crippen LogP contribution is -2.27. The molecule has 1 aliphatic heterocycles. The number of rotatable bonds is 13. The van der Waals surface area contributed by atoms with Crippen LogP contribution in [0.2, 0.25) is 0 Å². The molecule has 7 heterocycles. The minimum atomic E-state index is -4.40. The number of aromatic amines is 1. The maximum absolute atomic E-state index is 14.6. The Kier molecular flexibility index (Phi) is 27.7. The zero-order valence-electron chi connectivity index (χ0n) is 70.2. The van der Waals surface area contributed by atoms with Crippen molar-refractivity contribution in [3.8, 4) is 0 Å². The molecule has 4 aromatic carbocycles. The van der Waals surface area contributed by atoms with Crippen LogP contribution in [0.25, 0.3) is 32.6 Å². The van der Waals surface area contributed by atoms with E-state index < -0.39 is 53.5 Å². The minimum absolute atomic E-state index is 0.0310. The first-order chi connectivity index (χ1) is 53.3. The number of benzene rings is 4. The van der Waals surface area contributed by atoms with E-state index in [9.17, 15) is 61.5 Å². The molecule has 15 rings (SSSR count). The van der Waals surface area contributed by atoms with Crippen molar-refractivity contribution in [1.82, 2.24) is 48.7 Å². The smallest absolute Gasteiger partial charge is 0.361 e. The molecule has 5 unspecified atom stereocenters. The van der Waals surface area contributed by atoms with E-state index in [1.807, 2.05) is 55.4 Å². The molecule has 26 heteroatoms. The van der Waals surface area contributed by atoms with Crippen molar-refractivity contribution in [3.05, 3.63) is 193 Å². The van der Waals surface area contributed by atoms with Crippen LogP contribution in [0.4, 0.5) is 67.2 Å². The lowest BCUT2D eigenvalue weighted by Gasteiger charge is -2.37. The average molecular weight is 1680 g/mol. The third-order valence-electron chi connectivity index (χ3n) is 22.7. The van der Waals surface area contributed by atoms with Crippen LogP contribution in [-0.4, -0.2) is 48.7 Å². The summed E-state index contributed by atoms with van der Waals surface area (Å²) in [6.45, 7) is 46.7. The Hall–Kier alpha value is -7.90. The van der Waals surface area contributed by atoms with Gasteiger partial charge in [-0.15, -0.1) is 0 Å². The Bertz CT molecular complexity index is 4990. The van der Waals surface area contributed by atoms with Crippen molar-refractivity contribution < 1.29 is 61.5 Å². The highest BCUT2D eigenvalue weighted by Gasteiger charge is 2.64. The lowest BCUT2D eigenvalue weighted by molar-refractivity contribution is -0.143. The van der Waals surface area contributed by atoms with Crippen LogP contribution in [-0.2, 0) is 43.0 Å². The number of anilines is 1. The fraction of sp³-hybridized carbons (Fsp3) is 0.551. The monoisotopic (exact) mass is 1680 g/mol. The van der Waals surface area contributed by atoms with Crippen molar-refractivity contribution >= 4 is 54.2 Å². The van der Waals surface area contributed by atoms with E-state index in [0.717, 1.165) is 73.3 Å². The highest BCUT2D eigenvalue weighted by atomic mass is 79.9. The number of nitrogens with one attached hydrogen (secondary N) is 2. The third kappa shape index (κ3) is 19.8. The third-order valence-corrected chi connectivity index (χ3v) is 23.5. The first-order valence-electron chi connectivity index (χ1n) is 40.1. The van der Waals surface area contributed by atoms with E-state index in [0.29, 0.717) is 71.0 Å². The van der Waals surface area contributed by atoms with Gasteiger partial charge in [-0.25, -0.2) is 13.2 Å². The molecule has 0 saturated heterocycles. The number of hydrogen-bond donors (Lipinski definition) is 2. The molecule has 5 aliphatic rings. The second-order valence-corrected chi connectivity index (χ2v) is 35.1. The van der Waals surface area contributed by atoms with Gasteiger partial charge in [0.25, 0.3) is 12.3 Å². The molecule has 0 radical (unpaired) electrons. The van der Waals surface area contributed by atoms with E-state index in [1.165, 1.54) is 72.5 Å². The molecule has 5 atom stereocenters. The van der Waals surface area contributed by atoms with E-state index in [2.05, 4.69) is 181 Å². The summed E-state index contributed by atoms with van der Waals surface area (Å²) in [5, 5.41) is 23.5. The van der Waals surface area contributed by atoms with Crippen LogP contribution in [0.1, 0.15) is 328 Å². The molecular formula is C89H114BrF14N11. The molecule has 11 nitrogen and oxygen atoms in total. The molecule has 6 aromatic heterocycles. The summed E-state index contributed by atoms with van der Waals surface area (Å²) in [4.78, 5) is 2.98. The van der Waals surface area contributed by atoms with Gasteiger partial charge >= 0.3 is 18.5 Å². The number of nitrogens with zero attached hydrogens (tertiary/aromatic N) is 9. The van der Waals surface area contributed by atoms with Crippen molar-refractivity contribution in [2.45, 2.75) is 300 Å². The summed E-state index contributed by atoms with van der Waals surface area (Å²) in [5.41, 5.74) is 9.25. The van der Waals surface area contributed by atoms with Crippen LogP contribution < -0.4 is 5.32 Å². The van der Waals surface area contributed by atoms with Crippen molar-refractivity contribution in [2.75, 3.05) is 5.32 Å². The standard InChI is InChI=1S/C16H25F3N2.C15H15N.C14H19N.C12H15F3N2.C12H12F3N.C11H16F2N2.C9H12BrF3N2/c1-6-15(4,5)11-8-7-9-12-13(11)14(16(17,18)19)20-21(12)10(2)3;1-11(2)16-10-9-13-8-7-12-5-3-4-6-14(12)15(13)16;1-8(2)13-11(5)15-12-7-9(3)6-10(4)14(12)13;1-5(2)17-10-8(9(16-17)11(13)14)6-4-7(6)12(10,3)15;1-7(2)10-6-16-11-4-3-8(5-9(10)11)12(13,14)15;1-7(2)15-9(8-4-5-8)6-10(14-15)11(3,12)13;1-4-6-7(10)8(9(11,12)13)14-15(6)5(2)3/h10-11H,6-9H2,1-5H3;3-11H,1-2H3;6-8,13,15H,5H2,1-4H3;5-7,11H,4H2,1-3H3;3-7,16H,1-2H3;6-8H,4-5H2,1-3H3;5H,4H2,1-3H3. The quantitative estimate of drug-likeness (QED) is 0.112. The number of halogens is 15. The summed E-state index contributed by atoms with van der Waals surface area (Å²) in [6, 6.07) is 25.4. The number of H-pyrrole nitrogens is 1. The van der Waals surface area contributed by atoms with Gasteiger partial charge in [-0.1, -0.05) is 111 Å². The van der Waals surface area contributed by atoms with E-state index in [4.69, 9.17) is 0 Å². The molecule has 2 fully saturated rings. The molecule has 115 heavy (non-hydrogen) atoms. The fourth-order valence-corrected chi connectivity index (χ4v) is 17.2. The van der Waals surface area contributed by atoms with Crippen molar-refractivity contribution in [1.29, 1.82) is 0 Å². The van der Waals surface area contributed by atoms with Crippen molar-refractivity contribution in [3.63, 3.8) is 0 Å². The van der Waals surface area contributed by atoms with Crippen LogP contribution in [0, 0.1) is 31.1 Å². The van der Waals surface area contributed by atoms with Crippen LogP contribution in [0.3, 0.4) is 0 Å². The summed E-state index contributed by atoms with van der Waals surface area (Å²) in [5.74, 6) is -1.30. The van der Waals surface area contributed by atoms with Gasteiger partial charge in [-0.3, -0.25) is 18.7 Å². The van der Waals surface area contributed by atoms with Crippen molar-refractivity contribution in [2.24, 2.45) is 17.3 Å². The summed E-state index contributed by atoms with van der Waals surface area (Å²) >= 11 is 2.96. The van der Waals surface area contributed by atoms with Crippen LogP contribution in [0.15, 0.2) is 108 Å². The highest BCUT2D eigenvalue weighted by Crippen LogP contribution is 2.68. The largest absolute Gasteiger partial charge is 0.436 e. The Morgan fingerprint density at radius 3 is 1.76 bits per heavy atom. The van der Waals surface area contributed by atoms with Gasteiger partial charge < -0.3 is 14.9 Å². The maximum Gasteiger partial charge on any atom is 0.436 e.